The van der Waals surface area contributed by atoms with Crippen LogP contribution >= 0.6 is 0 Å². The Bertz CT molecular complexity index is 266. The smallest absolute Gasteiger partial charge is 0.309 e. The maximum absolute atomic E-state index is 11.4. The summed E-state index contributed by atoms with van der Waals surface area (Å²) in [5.74, 6) is 0.0121. The lowest BCUT2D eigenvalue weighted by molar-refractivity contribution is -0.143. The maximum Gasteiger partial charge on any atom is 0.309 e. The van der Waals surface area contributed by atoms with Gasteiger partial charge in [-0.2, -0.15) is 0 Å². The Labute approximate surface area is 84.8 Å². The molecule has 3 nitrogen and oxygen atoms in total. The van der Waals surface area contributed by atoms with Crippen LogP contribution in [-0.4, -0.2) is 24.8 Å². The van der Waals surface area contributed by atoms with Crippen molar-refractivity contribution in [1.29, 1.82) is 0 Å². The molecule has 0 spiro atoms. The SMILES string of the molecule is COC(=O)[C@H]1[C@@H](C=C(C)CO)C1(C)C. The Morgan fingerprint density at radius 1 is 1.57 bits per heavy atom. The van der Waals surface area contributed by atoms with Crippen LogP contribution in [0, 0.1) is 17.3 Å². The molecule has 1 fully saturated rings. The monoisotopic (exact) mass is 198 g/mol. The summed E-state index contributed by atoms with van der Waals surface area (Å²) in [7, 11) is 1.41. The molecule has 0 aromatic carbocycles. The van der Waals surface area contributed by atoms with E-state index < -0.39 is 0 Å². The molecule has 0 saturated heterocycles. The van der Waals surface area contributed by atoms with Gasteiger partial charge in [-0.25, -0.2) is 0 Å². The molecule has 3 heteroatoms. The Balaban J connectivity index is 2.71. The average molecular weight is 198 g/mol. The summed E-state index contributed by atoms with van der Waals surface area (Å²) in [4.78, 5) is 11.4. The highest BCUT2D eigenvalue weighted by atomic mass is 16.5. The van der Waals surface area contributed by atoms with Gasteiger partial charge in [0.25, 0.3) is 0 Å². The first-order valence-corrected chi connectivity index (χ1v) is 4.81. The molecular weight excluding hydrogens is 180 g/mol. The van der Waals surface area contributed by atoms with E-state index in [1.165, 1.54) is 7.11 Å². The van der Waals surface area contributed by atoms with Crippen molar-refractivity contribution in [3.05, 3.63) is 11.6 Å². The number of allylic oxidation sites excluding steroid dienone is 1. The molecule has 0 radical (unpaired) electrons. The first kappa shape index (κ1) is 11.2. The summed E-state index contributed by atoms with van der Waals surface area (Å²) in [6, 6.07) is 0. The molecule has 0 aromatic rings. The van der Waals surface area contributed by atoms with Gasteiger partial charge in [0, 0.05) is 0 Å². The predicted octanol–water partition coefficient (Wildman–Crippen LogP) is 1.37. The van der Waals surface area contributed by atoms with E-state index in [1.54, 1.807) is 0 Å². The fourth-order valence-electron chi connectivity index (χ4n) is 1.93. The predicted molar refractivity (Wildman–Crippen MR) is 53.6 cm³/mol. The van der Waals surface area contributed by atoms with E-state index in [1.807, 2.05) is 26.8 Å². The summed E-state index contributed by atoms with van der Waals surface area (Å²) >= 11 is 0. The summed E-state index contributed by atoms with van der Waals surface area (Å²) in [5, 5.41) is 8.88. The molecule has 1 rings (SSSR count). The minimum absolute atomic E-state index is 0.0243. The quantitative estimate of drug-likeness (QED) is 0.550. The van der Waals surface area contributed by atoms with Gasteiger partial charge < -0.3 is 9.84 Å². The minimum Gasteiger partial charge on any atom is -0.469 e. The van der Waals surface area contributed by atoms with Crippen molar-refractivity contribution in [3.63, 3.8) is 0 Å². The number of hydrogen-bond acceptors (Lipinski definition) is 3. The van der Waals surface area contributed by atoms with Crippen LogP contribution in [0.5, 0.6) is 0 Å². The number of aliphatic hydroxyl groups is 1. The van der Waals surface area contributed by atoms with Crippen molar-refractivity contribution >= 4 is 5.97 Å². The van der Waals surface area contributed by atoms with Crippen molar-refractivity contribution in [2.24, 2.45) is 17.3 Å². The van der Waals surface area contributed by atoms with Gasteiger partial charge in [-0.3, -0.25) is 4.79 Å². The summed E-state index contributed by atoms with van der Waals surface area (Å²) < 4.78 is 4.72. The molecule has 0 unspecified atom stereocenters. The lowest BCUT2D eigenvalue weighted by Crippen LogP contribution is -2.07. The van der Waals surface area contributed by atoms with Gasteiger partial charge in [0.1, 0.15) is 0 Å². The molecule has 80 valence electrons. The van der Waals surface area contributed by atoms with Crippen LogP contribution in [0.1, 0.15) is 20.8 Å². The van der Waals surface area contributed by atoms with Crippen LogP contribution in [0.15, 0.2) is 11.6 Å². The van der Waals surface area contributed by atoms with Gasteiger partial charge >= 0.3 is 5.97 Å². The highest BCUT2D eigenvalue weighted by Gasteiger charge is 2.61. The average Bonchev–Trinajstić information content (AvgIpc) is 2.67. The Morgan fingerprint density at radius 3 is 2.57 bits per heavy atom. The van der Waals surface area contributed by atoms with Crippen molar-refractivity contribution in [2.75, 3.05) is 13.7 Å². The topological polar surface area (TPSA) is 46.5 Å². The molecule has 0 aliphatic heterocycles. The third-order valence-corrected chi connectivity index (χ3v) is 3.08. The van der Waals surface area contributed by atoms with Gasteiger partial charge in [0.15, 0.2) is 0 Å². The molecule has 1 aliphatic rings. The number of carbonyl (C=O) groups is 1. The number of methoxy groups -OCH3 is 1. The van der Waals surface area contributed by atoms with Crippen LogP contribution in [-0.2, 0) is 9.53 Å². The van der Waals surface area contributed by atoms with E-state index in [-0.39, 0.29) is 29.8 Å². The lowest BCUT2D eigenvalue weighted by Gasteiger charge is -1.99. The number of ether oxygens (including phenoxy) is 1. The number of esters is 1. The van der Waals surface area contributed by atoms with Crippen molar-refractivity contribution < 1.29 is 14.6 Å². The molecule has 1 aliphatic carbocycles. The zero-order chi connectivity index (χ0) is 10.9. The maximum atomic E-state index is 11.4. The van der Waals surface area contributed by atoms with Crippen LogP contribution in [0.3, 0.4) is 0 Å². The zero-order valence-electron chi connectivity index (χ0n) is 9.20. The molecule has 0 heterocycles. The molecule has 1 N–H and O–H groups in total. The third-order valence-electron chi connectivity index (χ3n) is 3.08. The van der Waals surface area contributed by atoms with Gasteiger partial charge in [0.2, 0.25) is 0 Å². The first-order valence-electron chi connectivity index (χ1n) is 4.81. The van der Waals surface area contributed by atoms with Gasteiger partial charge in [-0.1, -0.05) is 25.5 Å². The Morgan fingerprint density at radius 2 is 2.14 bits per heavy atom. The second-order valence-corrected chi connectivity index (χ2v) is 4.52. The van der Waals surface area contributed by atoms with E-state index in [9.17, 15) is 4.79 Å². The Kier molecular flexibility index (Phi) is 3.00. The first-order chi connectivity index (χ1) is 6.45. The normalized spacial score (nSPS) is 29.9. The highest BCUT2D eigenvalue weighted by molar-refractivity contribution is 5.78. The lowest BCUT2D eigenvalue weighted by atomic mass is 10.1. The number of aliphatic hydroxyl groups excluding tert-OH is 1. The molecule has 2 atom stereocenters. The van der Waals surface area contributed by atoms with Crippen molar-refractivity contribution in [2.45, 2.75) is 20.8 Å². The fraction of sp³-hybridized carbons (Fsp3) is 0.727. The number of carbonyl (C=O) groups excluding carboxylic acids is 1. The third kappa shape index (κ3) is 1.82. The van der Waals surface area contributed by atoms with E-state index in [0.717, 1.165) is 5.57 Å². The molecule has 0 aromatic heterocycles. The molecule has 14 heavy (non-hydrogen) atoms. The molecule has 0 bridgehead atoms. The van der Waals surface area contributed by atoms with Crippen LogP contribution < -0.4 is 0 Å². The summed E-state index contributed by atoms with van der Waals surface area (Å²) in [6.45, 7) is 6.00. The van der Waals surface area contributed by atoms with Gasteiger partial charge in [0.05, 0.1) is 19.6 Å². The van der Waals surface area contributed by atoms with Crippen LogP contribution in [0.25, 0.3) is 0 Å². The van der Waals surface area contributed by atoms with E-state index in [4.69, 9.17) is 9.84 Å². The van der Waals surface area contributed by atoms with Gasteiger partial charge in [-0.15, -0.1) is 0 Å². The van der Waals surface area contributed by atoms with Gasteiger partial charge in [-0.05, 0) is 18.3 Å². The molecule has 1 saturated carbocycles. The Hall–Kier alpha value is -0.830. The van der Waals surface area contributed by atoms with E-state index in [2.05, 4.69) is 0 Å². The highest BCUT2D eigenvalue weighted by Crippen LogP contribution is 2.59. The minimum atomic E-state index is -0.151. The van der Waals surface area contributed by atoms with E-state index in [0.29, 0.717) is 0 Å². The molecule has 0 amide bonds. The molecular formula is C11H18O3. The summed E-state index contributed by atoms with van der Waals surface area (Å²) in [5.41, 5.74) is 0.887. The van der Waals surface area contributed by atoms with Crippen LogP contribution in [0.4, 0.5) is 0 Å². The zero-order valence-corrected chi connectivity index (χ0v) is 9.20. The van der Waals surface area contributed by atoms with Crippen molar-refractivity contribution in [1.82, 2.24) is 0 Å². The fourth-order valence-corrected chi connectivity index (χ4v) is 1.93. The largest absolute Gasteiger partial charge is 0.469 e. The standard InChI is InChI=1S/C11H18O3/c1-7(6-12)5-8-9(10(13)14-4)11(8,2)3/h5,8-9,12H,6H2,1-4H3/t8-,9-/m1/s1. The van der Waals surface area contributed by atoms with E-state index >= 15 is 0 Å². The number of hydrogen-bond donors (Lipinski definition) is 1. The second-order valence-electron chi connectivity index (χ2n) is 4.52. The summed E-state index contributed by atoms with van der Waals surface area (Å²) in [6.07, 6.45) is 1.97. The van der Waals surface area contributed by atoms with Crippen molar-refractivity contribution in [3.8, 4) is 0 Å². The van der Waals surface area contributed by atoms with Crippen LogP contribution in [0.2, 0.25) is 0 Å². The second kappa shape index (κ2) is 3.73. The number of rotatable bonds is 3.